The van der Waals surface area contributed by atoms with Gasteiger partial charge in [0.05, 0.1) is 32.9 Å². The first-order chi connectivity index (χ1) is 8.78. The van der Waals surface area contributed by atoms with Gasteiger partial charge in [0.15, 0.2) is 0 Å². The van der Waals surface area contributed by atoms with Crippen LogP contribution in [0.25, 0.3) is 0 Å². The van der Waals surface area contributed by atoms with Crippen LogP contribution >= 0.6 is 0 Å². The molecule has 2 atom stereocenters. The number of hydrogen-bond acceptors (Lipinski definition) is 3. The summed E-state index contributed by atoms with van der Waals surface area (Å²) in [6, 6.07) is 0. The molecule has 0 aromatic rings. The maximum absolute atomic E-state index is 12.3. The monoisotopic (exact) mass is 303 g/mol. The third kappa shape index (κ3) is 3.84. The molecule has 1 N–H and O–H groups in total. The molecule has 1 aliphatic rings. The molecular formula is C14H30BNO3S. The van der Waals surface area contributed by atoms with E-state index >= 15 is 0 Å². The van der Waals surface area contributed by atoms with Gasteiger partial charge in [0.25, 0.3) is 0 Å². The third-order valence-corrected chi connectivity index (χ3v) is 5.68. The minimum atomic E-state index is -1.14. The predicted molar refractivity (Wildman–Crippen MR) is 85.7 cm³/mol. The van der Waals surface area contributed by atoms with Crippen molar-refractivity contribution in [2.24, 2.45) is 5.92 Å². The van der Waals surface area contributed by atoms with E-state index in [1.165, 1.54) is 0 Å². The largest absolute Gasteiger partial charge is 0.477 e. The molecular weight excluding hydrogens is 273 g/mol. The third-order valence-electron chi connectivity index (χ3n) is 4.08. The molecule has 0 saturated carbocycles. The Morgan fingerprint density at radius 1 is 1.05 bits per heavy atom. The van der Waals surface area contributed by atoms with Crippen molar-refractivity contribution in [3.63, 3.8) is 0 Å². The van der Waals surface area contributed by atoms with Gasteiger partial charge in [0.2, 0.25) is 0 Å². The highest BCUT2D eigenvalue weighted by Crippen LogP contribution is 2.38. The molecule has 0 bridgehead atoms. The standard InChI is InChI=1S/C14H30BNO3S/c1-10(2)11(16-20(17)12(3,4)5)15-18-13(6,7)14(8,9)19-15/h10-11,16H,1-9H3/t11-,20-/m1/s1. The quantitative estimate of drug-likeness (QED) is 0.812. The molecule has 1 aliphatic heterocycles. The number of nitrogens with one attached hydrogen (secondary N) is 1. The smallest absolute Gasteiger partial charge is 0.402 e. The maximum Gasteiger partial charge on any atom is 0.477 e. The first-order valence-electron chi connectivity index (χ1n) is 7.31. The van der Waals surface area contributed by atoms with Gasteiger partial charge in [-0.25, -0.2) is 8.93 Å². The van der Waals surface area contributed by atoms with E-state index in [2.05, 4.69) is 18.6 Å². The van der Waals surface area contributed by atoms with E-state index in [4.69, 9.17) is 9.31 Å². The van der Waals surface area contributed by atoms with Crippen LogP contribution in [0.4, 0.5) is 0 Å². The second-order valence-corrected chi connectivity index (χ2v) is 9.89. The summed E-state index contributed by atoms with van der Waals surface area (Å²) in [4.78, 5) is 0. The van der Waals surface area contributed by atoms with Crippen molar-refractivity contribution in [2.75, 3.05) is 0 Å². The van der Waals surface area contributed by atoms with Gasteiger partial charge in [-0.15, -0.1) is 0 Å². The Morgan fingerprint density at radius 3 is 1.75 bits per heavy atom. The zero-order valence-electron chi connectivity index (χ0n) is 14.4. The SMILES string of the molecule is CC(C)[C@@H](N[S@](=O)C(C)(C)C)B1OC(C)(C)C(C)(C)O1. The highest BCUT2D eigenvalue weighted by atomic mass is 32.2. The molecule has 0 spiro atoms. The lowest BCUT2D eigenvalue weighted by Crippen LogP contribution is -2.52. The second kappa shape index (κ2) is 5.71. The lowest BCUT2D eigenvalue weighted by Gasteiger charge is -2.32. The Hall–Kier alpha value is 0.0949. The Bertz CT molecular complexity index is 361. The molecule has 20 heavy (non-hydrogen) atoms. The Balaban J connectivity index is 2.88. The maximum atomic E-state index is 12.3. The van der Waals surface area contributed by atoms with Crippen LogP contribution in [0.5, 0.6) is 0 Å². The van der Waals surface area contributed by atoms with Crippen molar-refractivity contribution in [1.82, 2.24) is 4.72 Å². The van der Waals surface area contributed by atoms with Crippen LogP contribution in [0.2, 0.25) is 0 Å². The molecule has 0 radical (unpaired) electrons. The van der Waals surface area contributed by atoms with Gasteiger partial charge in [-0.3, -0.25) is 0 Å². The van der Waals surface area contributed by atoms with Crippen molar-refractivity contribution in [3.8, 4) is 0 Å². The van der Waals surface area contributed by atoms with Crippen molar-refractivity contribution in [1.29, 1.82) is 0 Å². The Kier molecular flexibility index (Phi) is 5.18. The molecule has 4 nitrogen and oxygen atoms in total. The van der Waals surface area contributed by atoms with E-state index in [1.807, 2.05) is 48.5 Å². The van der Waals surface area contributed by atoms with Gasteiger partial charge in [-0.2, -0.15) is 0 Å². The molecule has 0 unspecified atom stereocenters. The predicted octanol–water partition coefficient (Wildman–Crippen LogP) is 2.69. The van der Waals surface area contributed by atoms with E-state index < -0.39 is 11.0 Å². The fourth-order valence-electron chi connectivity index (χ4n) is 1.84. The van der Waals surface area contributed by atoms with Crippen molar-refractivity contribution in [3.05, 3.63) is 0 Å². The second-order valence-electron chi connectivity index (χ2n) is 7.89. The van der Waals surface area contributed by atoms with Crippen LogP contribution in [-0.4, -0.2) is 33.2 Å². The Morgan fingerprint density at radius 2 is 1.45 bits per heavy atom. The summed E-state index contributed by atoms with van der Waals surface area (Å²) in [5, 5.41) is 0. The normalized spacial score (nSPS) is 25.0. The average Bonchev–Trinajstić information content (AvgIpc) is 2.41. The van der Waals surface area contributed by atoms with E-state index in [0.717, 1.165) is 0 Å². The van der Waals surface area contributed by atoms with Crippen molar-refractivity contribution >= 4 is 18.1 Å². The van der Waals surface area contributed by atoms with E-state index in [-0.39, 0.29) is 34.9 Å². The minimum Gasteiger partial charge on any atom is -0.402 e. The van der Waals surface area contributed by atoms with Gasteiger partial charge in [-0.1, -0.05) is 13.8 Å². The first-order valence-corrected chi connectivity index (χ1v) is 8.46. The van der Waals surface area contributed by atoms with Crippen LogP contribution in [-0.2, 0) is 20.3 Å². The van der Waals surface area contributed by atoms with Gasteiger partial charge >= 0.3 is 7.12 Å². The summed E-state index contributed by atoms with van der Waals surface area (Å²) in [6.07, 6.45) is 0. The zero-order valence-corrected chi connectivity index (χ0v) is 15.2. The fraction of sp³-hybridized carbons (Fsp3) is 1.00. The molecule has 1 fully saturated rings. The summed E-state index contributed by atoms with van der Waals surface area (Å²) in [7, 11) is -1.53. The fourth-order valence-corrected chi connectivity index (χ4v) is 2.83. The molecule has 0 aromatic carbocycles. The summed E-state index contributed by atoms with van der Waals surface area (Å²) in [5.74, 6) is 0.159. The highest BCUT2D eigenvalue weighted by molar-refractivity contribution is 7.84. The molecule has 6 heteroatoms. The molecule has 0 aliphatic carbocycles. The molecule has 0 amide bonds. The Labute approximate surface area is 127 Å². The van der Waals surface area contributed by atoms with E-state index in [9.17, 15) is 4.21 Å². The topological polar surface area (TPSA) is 47.6 Å². The number of hydrogen-bond donors (Lipinski definition) is 1. The lowest BCUT2D eigenvalue weighted by molar-refractivity contribution is 0.00578. The average molecular weight is 303 g/mol. The van der Waals surface area contributed by atoms with Crippen LogP contribution < -0.4 is 4.72 Å². The molecule has 118 valence electrons. The molecule has 1 rings (SSSR count). The van der Waals surface area contributed by atoms with E-state index in [1.54, 1.807) is 0 Å². The summed E-state index contributed by atoms with van der Waals surface area (Å²) in [6.45, 7) is 18.2. The van der Waals surface area contributed by atoms with Gasteiger partial charge in [0, 0.05) is 0 Å². The van der Waals surface area contributed by atoms with Gasteiger partial charge in [-0.05, 0) is 54.4 Å². The first kappa shape index (κ1) is 18.1. The van der Waals surface area contributed by atoms with Crippen LogP contribution in [0.1, 0.15) is 62.3 Å². The van der Waals surface area contributed by atoms with Crippen LogP contribution in [0, 0.1) is 5.92 Å². The molecule has 1 saturated heterocycles. The van der Waals surface area contributed by atoms with E-state index in [0.29, 0.717) is 0 Å². The number of rotatable bonds is 4. The lowest BCUT2D eigenvalue weighted by atomic mass is 9.73. The summed E-state index contributed by atoms with van der Waals surface area (Å²) in [5.41, 5.74) is -0.731. The zero-order chi connectivity index (χ0) is 15.9. The molecule has 0 aromatic heterocycles. The summed E-state index contributed by atoms with van der Waals surface area (Å²) >= 11 is 0. The minimum absolute atomic E-state index is 0.101. The summed E-state index contributed by atoms with van der Waals surface area (Å²) < 4.78 is 27.4. The van der Waals surface area contributed by atoms with Crippen molar-refractivity contribution in [2.45, 2.75) is 84.2 Å². The van der Waals surface area contributed by atoms with Gasteiger partial charge < -0.3 is 9.31 Å². The van der Waals surface area contributed by atoms with Crippen LogP contribution in [0.3, 0.4) is 0 Å². The molecule has 1 heterocycles. The van der Waals surface area contributed by atoms with Crippen LogP contribution in [0.15, 0.2) is 0 Å². The van der Waals surface area contributed by atoms with Crippen molar-refractivity contribution < 1.29 is 13.5 Å². The van der Waals surface area contributed by atoms with Gasteiger partial charge in [0.1, 0.15) is 0 Å². The highest BCUT2D eigenvalue weighted by Gasteiger charge is 2.54.